The van der Waals surface area contributed by atoms with E-state index in [2.05, 4.69) is 0 Å². The molecule has 0 bridgehead atoms. The topological polar surface area (TPSA) is 63.3 Å². The Bertz CT molecular complexity index is 201. The molecule has 3 nitrogen and oxygen atoms in total. The van der Waals surface area contributed by atoms with Gasteiger partial charge in [0.05, 0.1) is 0 Å². The predicted molar refractivity (Wildman–Crippen MR) is 44.6 cm³/mol. The molecule has 0 aliphatic rings. The Kier molecular flexibility index (Phi) is 3.38. The number of carbonyl (C=O) groups is 1. The second-order valence-corrected chi connectivity index (χ2v) is 3.76. The summed E-state index contributed by atoms with van der Waals surface area (Å²) in [4.78, 5) is 10.6. The standard InChI is InChI=1S/C8H15F2NO2/c1-5(2)4-8(11,6(12)13)7(3,9)10/h5H,4,11H2,1-3H3,(H,12,13). The Hall–Kier alpha value is -0.710. The van der Waals surface area contributed by atoms with Gasteiger partial charge in [-0.25, -0.2) is 13.6 Å². The van der Waals surface area contributed by atoms with Crippen molar-refractivity contribution in [2.75, 3.05) is 0 Å². The quantitative estimate of drug-likeness (QED) is 0.714. The van der Waals surface area contributed by atoms with Crippen LogP contribution in [0.3, 0.4) is 0 Å². The number of halogens is 2. The average molecular weight is 195 g/mol. The van der Waals surface area contributed by atoms with Crippen molar-refractivity contribution in [3.63, 3.8) is 0 Å². The van der Waals surface area contributed by atoms with Gasteiger partial charge in [-0.2, -0.15) is 0 Å². The Morgan fingerprint density at radius 1 is 1.54 bits per heavy atom. The monoisotopic (exact) mass is 195 g/mol. The fourth-order valence-electron chi connectivity index (χ4n) is 1.10. The fraction of sp³-hybridized carbons (Fsp3) is 0.875. The molecule has 0 rings (SSSR count). The third kappa shape index (κ3) is 2.62. The first-order chi connectivity index (χ1) is 5.61. The number of rotatable bonds is 4. The maximum atomic E-state index is 12.9. The SMILES string of the molecule is CC(C)CC(N)(C(=O)O)C(C)(F)F. The van der Waals surface area contributed by atoms with Gasteiger partial charge in [0.25, 0.3) is 5.92 Å². The van der Waals surface area contributed by atoms with Crippen LogP contribution >= 0.6 is 0 Å². The summed E-state index contributed by atoms with van der Waals surface area (Å²) in [5.41, 5.74) is 2.71. The first kappa shape index (κ1) is 12.3. The molecule has 0 spiro atoms. The van der Waals surface area contributed by atoms with E-state index in [-0.39, 0.29) is 12.3 Å². The van der Waals surface area contributed by atoms with Crippen molar-refractivity contribution in [2.45, 2.75) is 38.7 Å². The molecule has 0 fully saturated rings. The highest BCUT2D eigenvalue weighted by Gasteiger charge is 2.53. The molecule has 0 aliphatic carbocycles. The van der Waals surface area contributed by atoms with Gasteiger partial charge in [-0.3, -0.25) is 0 Å². The first-order valence-electron chi connectivity index (χ1n) is 4.01. The molecule has 13 heavy (non-hydrogen) atoms. The highest BCUT2D eigenvalue weighted by molar-refractivity contribution is 5.79. The minimum Gasteiger partial charge on any atom is -0.480 e. The molecule has 0 aromatic heterocycles. The Balaban J connectivity index is 4.85. The second-order valence-electron chi connectivity index (χ2n) is 3.76. The highest BCUT2D eigenvalue weighted by Crippen LogP contribution is 2.31. The van der Waals surface area contributed by atoms with Gasteiger partial charge < -0.3 is 10.8 Å². The summed E-state index contributed by atoms with van der Waals surface area (Å²) in [5, 5.41) is 8.61. The predicted octanol–water partition coefficient (Wildman–Crippen LogP) is 1.47. The van der Waals surface area contributed by atoms with Crippen molar-refractivity contribution in [3.8, 4) is 0 Å². The lowest BCUT2D eigenvalue weighted by atomic mass is 9.85. The van der Waals surface area contributed by atoms with Crippen molar-refractivity contribution in [2.24, 2.45) is 11.7 Å². The van der Waals surface area contributed by atoms with E-state index in [1.54, 1.807) is 13.8 Å². The van der Waals surface area contributed by atoms with Crippen molar-refractivity contribution < 1.29 is 18.7 Å². The number of carboxylic acids is 1. The molecule has 1 atom stereocenters. The fourth-order valence-corrected chi connectivity index (χ4v) is 1.10. The Labute approximate surface area is 75.9 Å². The van der Waals surface area contributed by atoms with Crippen LogP contribution in [0.25, 0.3) is 0 Å². The second kappa shape index (κ2) is 3.57. The molecule has 0 amide bonds. The third-order valence-electron chi connectivity index (χ3n) is 1.90. The first-order valence-corrected chi connectivity index (χ1v) is 4.01. The van der Waals surface area contributed by atoms with Crippen LogP contribution in [0.1, 0.15) is 27.2 Å². The van der Waals surface area contributed by atoms with Gasteiger partial charge in [-0.1, -0.05) is 13.8 Å². The van der Waals surface area contributed by atoms with E-state index < -0.39 is 17.4 Å². The molecule has 0 saturated carbocycles. The zero-order valence-electron chi connectivity index (χ0n) is 7.97. The molecule has 78 valence electrons. The van der Waals surface area contributed by atoms with Gasteiger partial charge in [-0.05, 0) is 12.3 Å². The van der Waals surface area contributed by atoms with Crippen LogP contribution in [0.2, 0.25) is 0 Å². The maximum Gasteiger partial charge on any atom is 0.329 e. The molecular formula is C8H15F2NO2. The molecule has 0 heterocycles. The van der Waals surface area contributed by atoms with Gasteiger partial charge in [0.15, 0.2) is 5.54 Å². The van der Waals surface area contributed by atoms with E-state index in [1.165, 1.54) is 0 Å². The number of hydrogen-bond acceptors (Lipinski definition) is 2. The van der Waals surface area contributed by atoms with Gasteiger partial charge in [0.1, 0.15) is 0 Å². The summed E-state index contributed by atoms with van der Waals surface area (Å²) in [5.74, 6) is -5.26. The molecular weight excluding hydrogens is 180 g/mol. The summed E-state index contributed by atoms with van der Waals surface area (Å²) in [7, 11) is 0. The van der Waals surface area contributed by atoms with Crippen molar-refractivity contribution in [1.29, 1.82) is 0 Å². The van der Waals surface area contributed by atoms with Crippen LogP contribution < -0.4 is 5.73 Å². The van der Waals surface area contributed by atoms with E-state index in [1.807, 2.05) is 0 Å². The van der Waals surface area contributed by atoms with E-state index in [4.69, 9.17) is 10.8 Å². The summed E-state index contributed by atoms with van der Waals surface area (Å²) in [6, 6.07) is 0. The Morgan fingerprint density at radius 2 is 1.92 bits per heavy atom. The lowest BCUT2D eigenvalue weighted by Crippen LogP contribution is -2.60. The van der Waals surface area contributed by atoms with Crippen LogP contribution in [-0.4, -0.2) is 22.5 Å². The van der Waals surface area contributed by atoms with Gasteiger partial charge in [0.2, 0.25) is 0 Å². The lowest BCUT2D eigenvalue weighted by Gasteiger charge is -2.32. The summed E-state index contributed by atoms with van der Waals surface area (Å²) < 4.78 is 25.8. The van der Waals surface area contributed by atoms with Crippen LogP contribution in [0.4, 0.5) is 8.78 Å². The minimum atomic E-state index is -3.41. The number of carboxylic acid groups (broad SMARTS) is 1. The van der Waals surface area contributed by atoms with Gasteiger partial charge in [0, 0.05) is 6.92 Å². The summed E-state index contributed by atoms with van der Waals surface area (Å²) in [6.45, 7) is 3.83. The number of hydrogen-bond donors (Lipinski definition) is 2. The van der Waals surface area contributed by atoms with Crippen LogP contribution in [0, 0.1) is 5.92 Å². The highest BCUT2D eigenvalue weighted by atomic mass is 19.3. The molecule has 0 aliphatic heterocycles. The summed E-state index contributed by atoms with van der Waals surface area (Å²) in [6.07, 6.45) is -0.244. The lowest BCUT2D eigenvalue weighted by molar-refractivity contribution is -0.160. The van der Waals surface area contributed by atoms with E-state index >= 15 is 0 Å². The largest absolute Gasteiger partial charge is 0.480 e. The minimum absolute atomic E-state index is 0.188. The molecule has 0 aromatic carbocycles. The smallest absolute Gasteiger partial charge is 0.329 e. The molecule has 3 N–H and O–H groups in total. The van der Waals surface area contributed by atoms with Crippen molar-refractivity contribution >= 4 is 5.97 Å². The molecule has 1 unspecified atom stereocenters. The van der Waals surface area contributed by atoms with E-state index in [0.29, 0.717) is 6.92 Å². The zero-order valence-corrected chi connectivity index (χ0v) is 7.97. The summed E-state index contributed by atoms with van der Waals surface area (Å²) >= 11 is 0. The number of nitrogens with two attached hydrogens (primary N) is 1. The van der Waals surface area contributed by atoms with Crippen LogP contribution in [-0.2, 0) is 4.79 Å². The van der Waals surface area contributed by atoms with Gasteiger partial charge in [-0.15, -0.1) is 0 Å². The van der Waals surface area contributed by atoms with Crippen molar-refractivity contribution in [1.82, 2.24) is 0 Å². The third-order valence-corrected chi connectivity index (χ3v) is 1.90. The van der Waals surface area contributed by atoms with E-state index in [9.17, 15) is 13.6 Å². The molecule has 0 saturated heterocycles. The van der Waals surface area contributed by atoms with Crippen LogP contribution in [0.15, 0.2) is 0 Å². The molecule has 0 aromatic rings. The maximum absolute atomic E-state index is 12.9. The zero-order chi connectivity index (χ0) is 10.9. The molecule has 5 heteroatoms. The van der Waals surface area contributed by atoms with Crippen LogP contribution in [0.5, 0.6) is 0 Å². The molecule has 0 radical (unpaired) electrons. The van der Waals surface area contributed by atoms with E-state index in [0.717, 1.165) is 0 Å². The normalized spacial score (nSPS) is 17.2. The van der Waals surface area contributed by atoms with Crippen molar-refractivity contribution in [3.05, 3.63) is 0 Å². The number of alkyl halides is 2. The Morgan fingerprint density at radius 3 is 2.00 bits per heavy atom. The van der Waals surface area contributed by atoms with Gasteiger partial charge >= 0.3 is 5.97 Å². The number of aliphatic carboxylic acids is 1. The average Bonchev–Trinajstić information content (AvgIpc) is 1.82.